The molecule has 34 heavy (non-hydrogen) atoms. The van der Waals surface area contributed by atoms with Gasteiger partial charge in [-0.3, -0.25) is 24.6 Å². The molecule has 0 saturated carbocycles. The molecule has 0 unspecified atom stereocenters. The Bertz CT molecular complexity index is 904. The van der Waals surface area contributed by atoms with Crippen molar-refractivity contribution in [2.24, 2.45) is 0 Å². The Kier molecular flexibility index (Phi) is 16.2. The maximum absolute atomic E-state index is 12.1. The molecule has 3 rings (SSSR count). The molecule has 1 radical (unpaired) electrons. The molecule has 0 fully saturated rings. The molecule has 3 aromatic rings. The predicted octanol–water partition coefficient (Wildman–Crippen LogP) is -2.56. The van der Waals surface area contributed by atoms with Gasteiger partial charge in [-0.1, -0.05) is 18.2 Å². The van der Waals surface area contributed by atoms with Crippen molar-refractivity contribution in [1.82, 2.24) is 25.2 Å². The average Bonchev–Trinajstić information content (AvgIpc) is 2.81. The molecule has 3 heterocycles. The van der Waals surface area contributed by atoms with Crippen molar-refractivity contribution in [1.29, 1.82) is 5.46 Å². The van der Waals surface area contributed by atoms with E-state index in [0.717, 1.165) is 11.4 Å². The van der Waals surface area contributed by atoms with E-state index in [1.807, 2.05) is 36.4 Å². The minimum atomic E-state index is -4.94. The van der Waals surface area contributed by atoms with E-state index in [4.69, 9.17) is 28.9 Å². The smallest absolute Gasteiger partial charge is 0.349 e. The van der Waals surface area contributed by atoms with E-state index in [-0.39, 0.29) is 23.0 Å². The Hall–Kier alpha value is -2.80. The van der Waals surface area contributed by atoms with Crippen LogP contribution >= 0.6 is 0 Å². The number of nitrogens with one attached hydrogen (secondary N) is 1. The van der Waals surface area contributed by atoms with E-state index < -0.39 is 10.2 Å². The van der Waals surface area contributed by atoms with Gasteiger partial charge in [0.15, 0.2) is 0 Å². The maximum atomic E-state index is 12.1. The van der Waals surface area contributed by atoms with Gasteiger partial charge in [0, 0.05) is 44.8 Å². The summed E-state index contributed by atoms with van der Waals surface area (Å²) in [6.45, 7) is 2.59. The molecule has 0 atom stereocenters. The molecule has 0 aliphatic heterocycles. The third kappa shape index (κ3) is 15.1. The maximum Gasteiger partial charge on any atom is 2.00 e. The molecule has 0 aliphatic carbocycles. The zero-order valence-corrected chi connectivity index (χ0v) is 19.6. The molecule has 0 bridgehead atoms. The molecule has 0 aliphatic rings. The van der Waals surface area contributed by atoms with Gasteiger partial charge in [-0.25, -0.2) is 18.6 Å². The van der Waals surface area contributed by atoms with E-state index in [9.17, 15) is 4.79 Å². The first-order valence-corrected chi connectivity index (χ1v) is 10.6. The van der Waals surface area contributed by atoms with Crippen LogP contribution in [0.2, 0.25) is 0 Å². The molecule has 0 saturated heterocycles. The van der Waals surface area contributed by atoms with Crippen molar-refractivity contribution in [2.75, 3.05) is 13.1 Å². The summed E-state index contributed by atoms with van der Waals surface area (Å²) in [4.78, 5) is 27.2. The van der Waals surface area contributed by atoms with Gasteiger partial charge in [0.1, 0.15) is 5.69 Å². The first-order chi connectivity index (χ1) is 15.8. The fraction of sp³-hybridized carbons (Fsp3) is 0.200. The van der Waals surface area contributed by atoms with Crippen molar-refractivity contribution in [3.05, 3.63) is 90.3 Å². The number of pyridine rings is 3. The molecule has 1 N–H and O–H groups in total. The number of aromatic nitrogens is 3. The van der Waals surface area contributed by atoms with Crippen LogP contribution in [-0.2, 0) is 34.9 Å². The average molecular weight is 532 g/mol. The fourth-order valence-corrected chi connectivity index (χ4v) is 2.57. The molecule has 14 heteroatoms. The van der Waals surface area contributed by atoms with Gasteiger partial charge in [0.25, 0.3) is 5.91 Å². The van der Waals surface area contributed by atoms with Crippen molar-refractivity contribution in [2.45, 2.75) is 13.1 Å². The van der Waals surface area contributed by atoms with Crippen LogP contribution < -0.4 is 24.0 Å². The first kappa shape index (κ1) is 31.2. The first-order valence-electron chi connectivity index (χ1n) is 9.32. The number of hydrogen-bond donors (Lipinski definition) is 1. The number of nitrogens with zero attached hydrogens (tertiary/aromatic N) is 5. The molecule has 0 aromatic carbocycles. The standard InChI is InChI=1S/C20H21N5O.ClHO4.Mn.NO/c26-20(19-9-3-6-12-23-19)24-13-14-25(15-17-7-1-4-10-21-17)16-18-8-2-5-11-22-18;2-1(3,4)5;;1-2/h1-12H,13-16H2,(H,24,26);(H,2,3,4,5);;/q;;+2;+1/p-1. The summed E-state index contributed by atoms with van der Waals surface area (Å²) in [5, 5.41) is 2.92. The van der Waals surface area contributed by atoms with Gasteiger partial charge in [-0.2, -0.15) is 0 Å². The number of rotatable bonds is 8. The number of carbonyl (C=O) groups excluding carboxylic acids is 1. The Labute approximate surface area is 208 Å². The van der Waals surface area contributed by atoms with Gasteiger partial charge in [0.2, 0.25) is 0 Å². The Balaban J connectivity index is 0.00000121. The van der Waals surface area contributed by atoms with Crippen LogP contribution in [0.1, 0.15) is 21.9 Å². The second-order valence-electron chi connectivity index (χ2n) is 6.20. The summed E-state index contributed by atoms with van der Waals surface area (Å²) in [7, 11) is -4.94. The molecule has 179 valence electrons. The number of halogens is 1. The number of carbonyl (C=O) groups is 1. The van der Waals surface area contributed by atoms with Crippen molar-refractivity contribution < 1.29 is 55.5 Å². The van der Waals surface area contributed by atoms with E-state index in [0.29, 0.717) is 31.9 Å². The zero-order valence-electron chi connectivity index (χ0n) is 17.7. The third-order valence-electron chi connectivity index (χ3n) is 3.83. The van der Waals surface area contributed by atoms with Crippen LogP contribution in [0.5, 0.6) is 0 Å². The molecule has 12 nitrogen and oxygen atoms in total. The summed E-state index contributed by atoms with van der Waals surface area (Å²) in [5.41, 5.74) is 8.15. The number of hydrogen-bond acceptors (Lipinski definition) is 10. The fourth-order valence-electron chi connectivity index (χ4n) is 2.57. The van der Waals surface area contributed by atoms with E-state index in [1.165, 1.54) is 0 Å². The summed E-state index contributed by atoms with van der Waals surface area (Å²) < 4.78 is 41.2. The van der Waals surface area contributed by atoms with Crippen molar-refractivity contribution >= 4 is 5.91 Å². The van der Waals surface area contributed by atoms with Crippen LogP contribution in [0.3, 0.4) is 0 Å². The largest absolute Gasteiger partial charge is 2.00 e. The van der Waals surface area contributed by atoms with E-state index >= 15 is 0 Å². The Morgan fingerprint density at radius 1 is 0.853 bits per heavy atom. The van der Waals surface area contributed by atoms with E-state index in [2.05, 4.69) is 25.2 Å². The van der Waals surface area contributed by atoms with E-state index in [1.54, 1.807) is 36.8 Å². The van der Waals surface area contributed by atoms with Crippen molar-refractivity contribution in [3.63, 3.8) is 0 Å². The Morgan fingerprint density at radius 2 is 1.29 bits per heavy atom. The molecule has 3 aromatic heterocycles. The minimum absolute atomic E-state index is 0. The van der Waals surface area contributed by atoms with Crippen LogP contribution in [0.25, 0.3) is 0 Å². The zero-order chi connectivity index (χ0) is 24.5. The normalized spacial score (nSPS) is 9.97. The SMILES string of the molecule is N#[O+].O=C(NCCN(Cc1ccccn1)Cc1ccccn1)c1ccccn1.[Mn+2].[O-][Cl+3]([O-])([O-])[O-]. The predicted molar refractivity (Wildman–Crippen MR) is 102 cm³/mol. The van der Waals surface area contributed by atoms with Gasteiger partial charge in [-0.15, -0.1) is 10.2 Å². The summed E-state index contributed by atoms with van der Waals surface area (Å²) >= 11 is 0. The minimum Gasteiger partial charge on any atom is -0.349 e. The molecular weight excluding hydrogens is 511 g/mol. The molecule has 1 amide bonds. The topological polar surface area (TPSA) is 207 Å². The molecule has 0 spiro atoms. The number of amides is 1. The quantitative estimate of drug-likeness (QED) is 0.237. The van der Waals surface area contributed by atoms with Crippen LogP contribution in [0, 0.1) is 15.7 Å². The summed E-state index contributed by atoms with van der Waals surface area (Å²) in [5.74, 6) is -0.166. The Morgan fingerprint density at radius 3 is 1.68 bits per heavy atom. The van der Waals surface area contributed by atoms with Crippen molar-refractivity contribution in [3.8, 4) is 0 Å². The van der Waals surface area contributed by atoms with Gasteiger partial charge in [0.05, 0.1) is 11.4 Å². The van der Waals surface area contributed by atoms with Crippen LogP contribution in [-0.4, -0.2) is 38.8 Å². The summed E-state index contributed by atoms with van der Waals surface area (Å²) in [6, 6.07) is 17.0. The summed E-state index contributed by atoms with van der Waals surface area (Å²) in [6.07, 6.45) is 5.19. The van der Waals surface area contributed by atoms with Gasteiger partial charge >= 0.3 is 27.3 Å². The second-order valence-corrected chi connectivity index (χ2v) is 6.96. The monoisotopic (exact) mass is 531 g/mol. The van der Waals surface area contributed by atoms with Crippen LogP contribution in [0.4, 0.5) is 0 Å². The third-order valence-corrected chi connectivity index (χ3v) is 3.83. The van der Waals surface area contributed by atoms with Gasteiger partial charge < -0.3 is 5.32 Å². The molecular formula is C20H21ClMnN6O6+2. The second kappa shape index (κ2) is 17.6. The van der Waals surface area contributed by atoms with Crippen LogP contribution in [0.15, 0.2) is 73.2 Å². The van der Waals surface area contributed by atoms with Gasteiger partial charge in [-0.05, 0) is 36.4 Å².